The van der Waals surface area contributed by atoms with Crippen LogP contribution in [0.3, 0.4) is 0 Å². The van der Waals surface area contributed by atoms with Gasteiger partial charge in [-0.15, -0.1) is 0 Å². The first-order chi connectivity index (χ1) is 12.2. The fraction of sp³-hybridized carbons (Fsp3) is 0.368. The molecule has 0 atom stereocenters. The summed E-state index contributed by atoms with van der Waals surface area (Å²) < 4.78 is 18.6. The van der Waals surface area contributed by atoms with E-state index in [1.165, 1.54) is 25.0 Å². The van der Waals surface area contributed by atoms with E-state index in [1.54, 1.807) is 25.4 Å². The van der Waals surface area contributed by atoms with E-state index in [0.29, 0.717) is 18.2 Å². The van der Waals surface area contributed by atoms with Crippen LogP contribution in [0, 0.1) is 5.82 Å². The highest BCUT2D eigenvalue weighted by molar-refractivity contribution is 5.79. The highest BCUT2D eigenvalue weighted by Crippen LogP contribution is 2.20. The molecule has 0 saturated heterocycles. The first-order valence-corrected chi connectivity index (χ1v) is 8.54. The van der Waals surface area contributed by atoms with Crippen molar-refractivity contribution in [2.75, 3.05) is 13.6 Å². The molecule has 0 spiro atoms. The van der Waals surface area contributed by atoms with Gasteiger partial charge in [0.15, 0.2) is 5.96 Å². The summed E-state index contributed by atoms with van der Waals surface area (Å²) in [5.41, 5.74) is 1.02. The Kier molecular flexibility index (Phi) is 7.69. The number of unbranched alkanes of at least 4 members (excludes halogenated alkanes) is 2. The van der Waals surface area contributed by atoms with Gasteiger partial charge in [-0.1, -0.05) is 19.8 Å². The highest BCUT2D eigenvalue weighted by Gasteiger charge is 2.03. The lowest BCUT2D eigenvalue weighted by atomic mass is 10.2. The van der Waals surface area contributed by atoms with Crippen molar-refractivity contribution >= 4 is 5.96 Å². The lowest BCUT2D eigenvalue weighted by Crippen LogP contribution is -2.37. The van der Waals surface area contributed by atoms with Crippen molar-refractivity contribution < 1.29 is 9.13 Å². The molecule has 0 aliphatic carbocycles. The van der Waals surface area contributed by atoms with E-state index >= 15 is 0 Å². The molecule has 0 aliphatic rings. The van der Waals surface area contributed by atoms with Gasteiger partial charge < -0.3 is 15.4 Å². The molecule has 5 nitrogen and oxygen atoms in total. The maximum Gasteiger partial charge on any atom is 0.219 e. The SMILES string of the molecule is CCCCCNC(=NC)NCc1ccnc(Oc2ccc(F)cc2)c1. The minimum Gasteiger partial charge on any atom is -0.439 e. The van der Waals surface area contributed by atoms with Crippen LogP contribution in [0.15, 0.2) is 47.6 Å². The Hall–Kier alpha value is -2.63. The number of ether oxygens (including phenoxy) is 1. The van der Waals surface area contributed by atoms with Crippen molar-refractivity contribution in [1.29, 1.82) is 0 Å². The number of hydrogen-bond acceptors (Lipinski definition) is 3. The van der Waals surface area contributed by atoms with Gasteiger partial charge in [-0.25, -0.2) is 9.37 Å². The molecule has 0 aliphatic heterocycles. The highest BCUT2D eigenvalue weighted by atomic mass is 19.1. The van der Waals surface area contributed by atoms with Crippen molar-refractivity contribution in [3.8, 4) is 11.6 Å². The van der Waals surface area contributed by atoms with E-state index in [0.717, 1.165) is 24.5 Å². The van der Waals surface area contributed by atoms with E-state index < -0.39 is 0 Å². The summed E-state index contributed by atoms with van der Waals surface area (Å²) in [5.74, 6) is 1.49. The first-order valence-electron chi connectivity index (χ1n) is 8.54. The lowest BCUT2D eigenvalue weighted by molar-refractivity contribution is 0.460. The summed E-state index contributed by atoms with van der Waals surface area (Å²) in [6.45, 7) is 3.70. The largest absolute Gasteiger partial charge is 0.439 e. The molecule has 0 amide bonds. The van der Waals surface area contributed by atoms with Crippen LogP contribution in [-0.2, 0) is 6.54 Å². The van der Waals surface area contributed by atoms with Gasteiger partial charge in [0.1, 0.15) is 11.6 Å². The smallest absolute Gasteiger partial charge is 0.219 e. The Labute approximate surface area is 148 Å². The Balaban J connectivity index is 1.86. The fourth-order valence-corrected chi connectivity index (χ4v) is 2.23. The van der Waals surface area contributed by atoms with Crippen LogP contribution in [0.2, 0.25) is 0 Å². The van der Waals surface area contributed by atoms with Crippen LogP contribution in [0.4, 0.5) is 4.39 Å². The molecule has 134 valence electrons. The summed E-state index contributed by atoms with van der Waals surface area (Å²) in [6, 6.07) is 9.62. The molecule has 2 aromatic rings. The number of pyridine rings is 1. The molecule has 0 radical (unpaired) electrons. The number of guanidine groups is 1. The van der Waals surface area contributed by atoms with Gasteiger partial charge in [0.2, 0.25) is 5.88 Å². The maximum atomic E-state index is 12.9. The van der Waals surface area contributed by atoms with Crippen LogP contribution >= 0.6 is 0 Å². The summed E-state index contributed by atoms with van der Waals surface area (Å²) in [4.78, 5) is 8.40. The predicted octanol–water partition coefficient (Wildman–Crippen LogP) is 3.87. The topological polar surface area (TPSA) is 58.5 Å². The van der Waals surface area contributed by atoms with E-state index in [-0.39, 0.29) is 5.82 Å². The summed E-state index contributed by atoms with van der Waals surface area (Å²) >= 11 is 0. The number of benzene rings is 1. The summed E-state index contributed by atoms with van der Waals surface area (Å²) in [6.07, 6.45) is 5.22. The molecule has 0 bridgehead atoms. The minimum absolute atomic E-state index is 0.295. The molecule has 25 heavy (non-hydrogen) atoms. The summed E-state index contributed by atoms with van der Waals surface area (Å²) in [7, 11) is 1.75. The van der Waals surface area contributed by atoms with Gasteiger partial charge in [-0.3, -0.25) is 4.99 Å². The molecule has 1 aromatic carbocycles. The van der Waals surface area contributed by atoms with Crippen molar-refractivity contribution in [2.45, 2.75) is 32.7 Å². The first kappa shape index (κ1) is 18.7. The van der Waals surface area contributed by atoms with Gasteiger partial charge >= 0.3 is 0 Å². The fourth-order valence-electron chi connectivity index (χ4n) is 2.23. The van der Waals surface area contributed by atoms with Crippen LogP contribution in [0.25, 0.3) is 0 Å². The van der Waals surface area contributed by atoms with Crippen molar-refractivity contribution in [3.63, 3.8) is 0 Å². The zero-order chi connectivity index (χ0) is 17.9. The van der Waals surface area contributed by atoms with Crippen molar-refractivity contribution in [1.82, 2.24) is 15.6 Å². The Morgan fingerprint density at radius 1 is 1.16 bits per heavy atom. The second-order valence-electron chi connectivity index (χ2n) is 5.62. The third-order valence-corrected chi connectivity index (χ3v) is 3.59. The van der Waals surface area contributed by atoms with Gasteiger partial charge in [0.25, 0.3) is 0 Å². The Morgan fingerprint density at radius 3 is 2.68 bits per heavy atom. The van der Waals surface area contributed by atoms with Crippen LogP contribution < -0.4 is 15.4 Å². The predicted molar refractivity (Wildman–Crippen MR) is 98.4 cm³/mol. The summed E-state index contributed by atoms with van der Waals surface area (Å²) in [5, 5.41) is 6.56. The minimum atomic E-state index is -0.295. The number of halogens is 1. The quantitative estimate of drug-likeness (QED) is 0.434. The van der Waals surface area contributed by atoms with Crippen LogP contribution in [0.5, 0.6) is 11.6 Å². The second-order valence-corrected chi connectivity index (χ2v) is 5.62. The van der Waals surface area contributed by atoms with Gasteiger partial charge in [0.05, 0.1) is 0 Å². The zero-order valence-corrected chi connectivity index (χ0v) is 14.8. The molecular weight excluding hydrogens is 319 g/mol. The van der Waals surface area contributed by atoms with E-state index in [1.807, 2.05) is 12.1 Å². The van der Waals surface area contributed by atoms with Gasteiger partial charge in [-0.2, -0.15) is 0 Å². The van der Waals surface area contributed by atoms with E-state index in [2.05, 4.69) is 27.5 Å². The molecule has 0 saturated carbocycles. The molecule has 2 N–H and O–H groups in total. The van der Waals surface area contributed by atoms with Crippen LogP contribution in [-0.4, -0.2) is 24.5 Å². The van der Waals surface area contributed by atoms with Crippen molar-refractivity contribution in [3.05, 3.63) is 54.0 Å². The number of aliphatic imine (C=N–C) groups is 1. The Morgan fingerprint density at radius 2 is 1.96 bits per heavy atom. The third-order valence-electron chi connectivity index (χ3n) is 3.59. The molecule has 0 fully saturated rings. The number of aromatic nitrogens is 1. The average Bonchev–Trinajstić information content (AvgIpc) is 2.63. The van der Waals surface area contributed by atoms with Crippen molar-refractivity contribution in [2.24, 2.45) is 4.99 Å². The molecule has 6 heteroatoms. The number of hydrogen-bond donors (Lipinski definition) is 2. The third kappa shape index (κ3) is 6.79. The van der Waals surface area contributed by atoms with Gasteiger partial charge in [0, 0.05) is 32.4 Å². The standard InChI is InChI=1S/C19H25FN4O/c1-3-4-5-11-23-19(21-2)24-14-15-10-12-22-18(13-15)25-17-8-6-16(20)7-9-17/h6-10,12-13H,3-5,11,14H2,1-2H3,(H2,21,23,24). The zero-order valence-electron chi connectivity index (χ0n) is 14.8. The second kappa shape index (κ2) is 10.3. The maximum absolute atomic E-state index is 12.9. The molecule has 1 aromatic heterocycles. The Bertz CT molecular complexity index is 673. The lowest BCUT2D eigenvalue weighted by Gasteiger charge is -2.12. The molecule has 0 unspecified atom stereocenters. The monoisotopic (exact) mass is 344 g/mol. The van der Waals surface area contributed by atoms with E-state index in [9.17, 15) is 4.39 Å². The molecule has 1 heterocycles. The average molecular weight is 344 g/mol. The number of nitrogens with zero attached hydrogens (tertiary/aromatic N) is 2. The molecule has 2 rings (SSSR count). The molecular formula is C19H25FN4O. The number of nitrogens with one attached hydrogen (secondary N) is 2. The number of rotatable bonds is 8. The van der Waals surface area contributed by atoms with Gasteiger partial charge in [-0.05, 0) is 42.3 Å². The van der Waals surface area contributed by atoms with E-state index in [4.69, 9.17) is 4.74 Å². The normalized spacial score (nSPS) is 11.2. The van der Waals surface area contributed by atoms with Crippen LogP contribution in [0.1, 0.15) is 31.7 Å².